The molecule has 0 radical (unpaired) electrons. The minimum absolute atomic E-state index is 0.0287. The summed E-state index contributed by atoms with van der Waals surface area (Å²) in [5, 5.41) is 6.46. The van der Waals surface area contributed by atoms with E-state index in [-0.39, 0.29) is 11.8 Å². The summed E-state index contributed by atoms with van der Waals surface area (Å²) in [5.74, 6) is 1.75. The molecule has 6 nitrogen and oxygen atoms in total. The van der Waals surface area contributed by atoms with Crippen molar-refractivity contribution in [3.8, 4) is 5.75 Å². The number of benzene rings is 1. The van der Waals surface area contributed by atoms with E-state index in [0.29, 0.717) is 18.9 Å². The van der Waals surface area contributed by atoms with Crippen LogP contribution in [0.3, 0.4) is 0 Å². The number of aryl methyl sites for hydroxylation is 1. The highest BCUT2D eigenvalue weighted by molar-refractivity contribution is 7.90. The Morgan fingerprint density at radius 2 is 2.08 bits per heavy atom. The summed E-state index contributed by atoms with van der Waals surface area (Å²) in [5.41, 5.74) is 2.33. The number of hydrogen-bond donors (Lipinski definition) is 2. The Hall–Kier alpha value is -1.76. The molecule has 0 spiro atoms. The van der Waals surface area contributed by atoms with Crippen LogP contribution in [0.15, 0.2) is 23.2 Å². The SMILES string of the molecule is CCNC(=NCCc1cc(C)ccc1OC)NC(C)CCS(C)(=O)=O. The van der Waals surface area contributed by atoms with Gasteiger partial charge in [0, 0.05) is 25.4 Å². The lowest BCUT2D eigenvalue weighted by Gasteiger charge is -2.17. The lowest BCUT2D eigenvalue weighted by Crippen LogP contribution is -2.43. The number of sulfone groups is 1. The van der Waals surface area contributed by atoms with E-state index in [1.54, 1.807) is 7.11 Å². The van der Waals surface area contributed by atoms with E-state index in [2.05, 4.69) is 28.6 Å². The topological polar surface area (TPSA) is 79.8 Å². The summed E-state index contributed by atoms with van der Waals surface area (Å²) < 4.78 is 28.0. The van der Waals surface area contributed by atoms with Gasteiger partial charge in [-0.3, -0.25) is 4.99 Å². The van der Waals surface area contributed by atoms with Crippen LogP contribution >= 0.6 is 0 Å². The number of methoxy groups -OCH3 is 1. The molecule has 2 N–H and O–H groups in total. The fourth-order valence-electron chi connectivity index (χ4n) is 2.41. The van der Waals surface area contributed by atoms with E-state index in [4.69, 9.17) is 4.74 Å². The molecule has 0 fully saturated rings. The van der Waals surface area contributed by atoms with Gasteiger partial charge in [0.25, 0.3) is 0 Å². The average molecular weight is 370 g/mol. The van der Waals surface area contributed by atoms with Gasteiger partial charge in [-0.25, -0.2) is 8.42 Å². The Balaban J connectivity index is 2.65. The number of ether oxygens (including phenoxy) is 1. The second kappa shape index (κ2) is 10.3. The zero-order valence-corrected chi connectivity index (χ0v) is 16.7. The van der Waals surface area contributed by atoms with E-state index in [9.17, 15) is 8.42 Å². The molecule has 0 saturated carbocycles. The van der Waals surface area contributed by atoms with Crippen LogP contribution < -0.4 is 15.4 Å². The summed E-state index contributed by atoms with van der Waals surface area (Å²) in [6.07, 6.45) is 2.59. The standard InChI is InChI=1S/C18H31N3O3S/c1-6-19-18(21-15(3)10-12-25(5,22)23)20-11-9-16-13-14(2)7-8-17(16)24-4/h7-8,13,15H,6,9-12H2,1-5H3,(H2,19,20,21). The lowest BCUT2D eigenvalue weighted by molar-refractivity contribution is 0.409. The Bertz CT molecular complexity index is 672. The maximum Gasteiger partial charge on any atom is 0.191 e. The van der Waals surface area contributed by atoms with Gasteiger partial charge in [-0.15, -0.1) is 0 Å². The number of rotatable bonds is 9. The lowest BCUT2D eigenvalue weighted by atomic mass is 10.1. The quantitative estimate of drug-likeness (QED) is 0.513. The molecule has 1 unspecified atom stereocenters. The first-order chi connectivity index (χ1) is 11.7. The molecule has 0 saturated heterocycles. The number of aliphatic imine (C=N–C) groups is 1. The average Bonchev–Trinajstić information content (AvgIpc) is 2.53. The van der Waals surface area contributed by atoms with Crippen molar-refractivity contribution in [2.45, 2.75) is 39.7 Å². The smallest absolute Gasteiger partial charge is 0.191 e. The first-order valence-electron chi connectivity index (χ1n) is 8.61. The van der Waals surface area contributed by atoms with Crippen LogP contribution in [0, 0.1) is 6.92 Å². The van der Waals surface area contributed by atoms with Crippen molar-refractivity contribution >= 4 is 15.8 Å². The predicted octanol–water partition coefficient (Wildman–Crippen LogP) is 1.92. The van der Waals surface area contributed by atoms with Crippen molar-refractivity contribution < 1.29 is 13.2 Å². The summed E-state index contributed by atoms with van der Waals surface area (Å²) >= 11 is 0. The van der Waals surface area contributed by atoms with Crippen LogP contribution in [-0.4, -0.2) is 52.6 Å². The van der Waals surface area contributed by atoms with Crippen LogP contribution in [0.5, 0.6) is 5.75 Å². The molecule has 0 amide bonds. The van der Waals surface area contributed by atoms with E-state index in [1.165, 1.54) is 11.8 Å². The van der Waals surface area contributed by atoms with Gasteiger partial charge in [0.1, 0.15) is 15.6 Å². The number of hydrogen-bond acceptors (Lipinski definition) is 4. The van der Waals surface area contributed by atoms with Crippen LogP contribution in [-0.2, 0) is 16.3 Å². The van der Waals surface area contributed by atoms with E-state index in [1.807, 2.05) is 26.0 Å². The number of nitrogens with one attached hydrogen (secondary N) is 2. The number of guanidine groups is 1. The molecule has 1 atom stereocenters. The first kappa shape index (κ1) is 21.3. The zero-order chi connectivity index (χ0) is 18.9. The Morgan fingerprint density at radius 1 is 1.36 bits per heavy atom. The molecule has 0 aromatic heterocycles. The molecule has 0 aliphatic carbocycles. The second-order valence-electron chi connectivity index (χ2n) is 6.29. The van der Waals surface area contributed by atoms with Gasteiger partial charge in [0.05, 0.1) is 12.9 Å². The van der Waals surface area contributed by atoms with Crippen LogP contribution in [0.25, 0.3) is 0 Å². The van der Waals surface area contributed by atoms with Crippen LogP contribution in [0.1, 0.15) is 31.4 Å². The monoisotopic (exact) mass is 369 g/mol. The predicted molar refractivity (Wildman–Crippen MR) is 104 cm³/mol. The van der Waals surface area contributed by atoms with Crippen molar-refractivity contribution in [2.24, 2.45) is 4.99 Å². The van der Waals surface area contributed by atoms with Crippen LogP contribution in [0.4, 0.5) is 0 Å². The molecule has 0 bridgehead atoms. The van der Waals surface area contributed by atoms with Crippen molar-refractivity contribution in [3.63, 3.8) is 0 Å². The largest absolute Gasteiger partial charge is 0.496 e. The molecule has 1 aromatic carbocycles. The highest BCUT2D eigenvalue weighted by atomic mass is 32.2. The van der Waals surface area contributed by atoms with E-state index >= 15 is 0 Å². The summed E-state index contributed by atoms with van der Waals surface area (Å²) in [4.78, 5) is 4.59. The molecular formula is C18H31N3O3S. The Morgan fingerprint density at radius 3 is 2.68 bits per heavy atom. The van der Waals surface area contributed by atoms with E-state index < -0.39 is 9.84 Å². The highest BCUT2D eigenvalue weighted by Gasteiger charge is 2.09. The number of nitrogens with zero attached hydrogens (tertiary/aromatic N) is 1. The minimum Gasteiger partial charge on any atom is -0.496 e. The van der Waals surface area contributed by atoms with E-state index in [0.717, 1.165) is 24.3 Å². The summed E-state index contributed by atoms with van der Waals surface area (Å²) in [6, 6.07) is 6.15. The molecule has 25 heavy (non-hydrogen) atoms. The minimum atomic E-state index is -2.95. The fourth-order valence-corrected chi connectivity index (χ4v) is 3.19. The van der Waals surface area contributed by atoms with Gasteiger partial charge >= 0.3 is 0 Å². The molecule has 1 rings (SSSR count). The van der Waals surface area contributed by atoms with Gasteiger partial charge in [-0.1, -0.05) is 17.7 Å². The Labute approximate surface area is 152 Å². The maximum atomic E-state index is 11.3. The maximum absolute atomic E-state index is 11.3. The molecule has 0 aliphatic rings. The summed E-state index contributed by atoms with van der Waals surface area (Å²) in [6.45, 7) is 7.39. The normalized spacial score (nSPS) is 13.4. The first-order valence-corrected chi connectivity index (χ1v) is 10.7. The van der Waals surface area contributed by atoms with Gasteiger partial charge in [0.2, 0.25) is 0 Å². The van der Waals surface area contributed by atoms with Gasteiger partial charge < -0.3 is 15.4 Å². The van der Waals surface area contributed by atoms with Gasteiger partial charge in [-0.05, 0) is 45.2 Å². The molecule has 7 heteroatoms. The third-order valence-electron chi connectivity index (χ3n) is 3.74. The Kier molecular flexibility index (Phi) is 8.75. The molecular weight excluding hydrogens is 338 g/mol. The van der Waals surface area contributed by atoms with Crippen LogP contribution in [0.2, 0.25) is 0 Å². The highest BCUT2D eigenvalue weighted by Crippen LogP contribution is 2.20. The van der Waals surface area contributed by atoms with Gasteiger partial charge in [-0.2, -0.15) is 0 Å². The zero-order valence-electron chi connectivity index (χ0n) is 15.9. The van der Waals surface area contributed by atoms with Crippen molar-refractivity contribution in [1.29, 1.82) is 0 Å². The molecule has 1 aromatic rings. The summed E-state index contributed by atoms with van der Waals surface area (Å²) in [7, 11) is -1.27. The van der Waals surface area contributed by atoms with Crippen molar-refractivity contribution in [3.05, 3.63) is 29.3 Å². The van der Waals surface area contributed by atoms with Crippen molar-refractivity contribution in [1.82, 2.24) is 10.6 Å². The second-order valence-corrected chi connectivity index (χ2v) is 8.55. The van der Waals surface area contributed by atoms with Crippen molar-refractivity contribution in [2.75, 3.05) is 32.2 Å². The third kappa shape index (κ3) is 8.77. The van der Waals surface area contributed by atoms with Gasteiger partial charge in [0.15, 0.2) is 5.96 Å². The molecule has 0 heterocycles. The molecule has 142 valence electrons. The fraction of sp³-hybridized carbons (Fsp3) is 0.611. The third-order valence-corrected chi connectivity index (χ3v) is 4.71. The molecule has 0 aliphatic heterocycles.